The lowest BCUT2D eigenvalue weighted by Crippen LogP contribution is -2.32. The Morgan fingerprint density at radius 1 is 1.39 bits per heavy atom. The van der Waals surface area contributed by atoms with Gasteiger partial charge in [0.25, 0.3) is 0 Å². The minimum absolute atomic E-state index is 0.0973. The molecule has 0 spiro atoms. The van der Waals surface area contributed by atoms with Crippen molar-refractivity contribution in [3.63, 3.8) is 0 Å². The number of carbonyl (C=O) groups excluding carboxylic acids is 1. The summed E-state index contributed by atoms with van der Waals surface area (Å²) in [7, 11) is 0. The van der Waals surface area contributed by atoms with Crippen molar-refractivity contribution in [1.82, 2.24) is 15.1 Å². The number of para-hydroxylation sites is 1. The molecule has 0 aliphatic heterocycles. The fourth-order valence-electron chi connectivity index (χ4n) is 1.90. The number of rotatable bonds is 4. The van der Waals surface area contributed by atoms with E-state index in [4.69, 9.17) is 4.74 Å². The summed E-state index contributed by atoms with van der Waals surface area (Å²) in [6.07, 6.45) is 1.98. The van der Waals surface area contributed by atoms with Gasteiger partial charge in [-0.1, -0.05) is 18.2 Å². The number of amides is 1. The molecule has 1 heterocycles. The van der Waals surface area contributed by atoms with E-state index in [1.807, 2.05) is 6.07 Å². The molecule has 122 valence electrons. The third-order valence-corrected chi connectivity index (χ3v) is 2.84. The molecule has 1 aromatic carbocycles. The summed E-state index contributed by atoms with van der Waals surface area (Å²) in [5.41, 5.74) is 0.736. The maximum Gasteiger partial charge on any atom is 0.407 e. The lowest BCUT2D eigenvalue weighted by atomic mass is 10.2. The number of nitrogens with zero attached hydrogens (tertiary/aromatic N) is 3. The molecule has 0 bridgehead atoms. The van der Waals surface area contributed by atoms with Crippen LogP contribution in [0.3, 0.4) is 0 Å². The van der Waals surface area contributed by atoms with E-state index in [1.165, 1.54) is 17.1 Å². The van der Waals surface area contributed by atoms with Crippen molar-refractivity contribution in [2.24, 2.45) is 0 Å². The quantitative estimate of drug-likeness (QED) is 0.690. The number of benzene rings is 1. The largest absolute Gasteiger partial charge is 0.444 e. The molecule has 2 aromatic rings. The Morgan fingerprint density at radius 3 is 2.70 bits per heavy atom. The zero-order valence-electron chi connectivity index (χ0n) is 13.1. The minimum atomic E-state index is -0.577. The molecule has 0 unspecified atom stereocenters. The molecule has 0 saturated carbocycles. The molecule has 23 heavy (non-hydrogen) atoms. The van der Waals surface area contributed by atoms with Crippen LogP contribution in [0.1, 0.15) is 26.3 Å². The summed E-state index contributed by atoms with van der Waals surface area (Å²) in [5.74, 6) is 0. The van der Waals surface area contributed by atoms with Crippen molar-refractivity contribution in [3.8, 4) is 5.69 Å². The van der Waals surface area contributed by atoms with Gasteiger partial charge in [0, 0.05) is 6.54 Å². The summed E-state index contributed by atoms with van der Waals surface area (Å²) >= 11 is 0. The Labute approximate surface area is 133 Å². The third kappa shape index (κ3) is 4.53. The second-order valence-corrected chi connectivity index (χ2v) is 5.88. The molecule has 0 aliphatic carbocycles. The van der Waals surface area contributed by atoms with Crippen LogP contribution in [-0.2, 0) is 11.3 Å². The topological polar surface area (TPSA) is 99.3 Å². The summed E-state index contributed by atoms with van der Waals surface area (Å²) < 4.78 is 6.59. The molecule has 0 saturated heterocycles. The monoisotopic (exact) mass is 318 g/mol. The van der Waals surface area contributed by atoms with Gasteiger partial charge in [0.2, 0.25) is 0 Å². The Kier molecular flexibility index (Phi) is 4.63. The van der Waals surface area contributed by atoms with Gasteiger partial charge in [-0.2, -0.15) is 5.10 Å². The molecule has 2 rings (SSSR count). The predicted octanol–water partition coefficient (Wildman–Crippen LogP) is 2.81. The Hall–Kier alpha value is -2.90. The molecule has 1 N–H and O–H groups in total. The summed E-state index contributed by atoms with van der Waals surface area (Å²) in [5, 5.41) is 17.4. The highest BCUT2D eigenvalue weighted by atomic mass is 16.6. The van der Waals surface area contributed by atoms with Crippen molar-refractivity contribution in [3.05, 3.63) is 52.3 Å². The zero-order valence-corrected chi connectivity index (χ0v) is 13.1. The number of hydrogen-bond donors (Lipinski definition) is 1. The summed E-state index contributed by atoms with van der Waals surface area (Å²) in [6.45, 7) is 5.56. The summed E-state index contributed by atoms with van der Waals surface area (Å²) in [4.78, 5) is 22.0. The molecule has 0 fully saturated rings. The van der Waals surface area contributed by atoms with E-state index in [0.717, 1.165) is 5.56 Å². The van der Waals surface area contributed by atoms with Crippen LogP contribution < -0.4 is 5.32 Å². The van der Waals surface area contributed by atoms with Gasteiger partial charge in [-0.05, 0) is 32.4 Å². The highest BCUT2D eigenvalue weighted by Crippen LogP contribution is 2.17. The number of carbonyl (C=O) groups is 1. The maximum absolute atomic E-state index is 11.7. The highest BCUT2D eigenvalue weighted by molar-refractivity contribution is 5.67. The van der Waals surface area contributed by atoms with Crippen LogP contribution in [0.25, 0.3) is 5.69 Å². The Bertz CT molecular complexity index is 718. The zero-order chi connectivity index (χ0) is 17.0. The van der Waals surface area contributed by atoms with Crippen LogP contribution in [0.2, 0.25) is 0 Å². The van der Waals surface area contributed by atoms with Crippen LogP contribution in [0.4, 0.5) is 10.5 Å². The molecule has 0 atom stereocenters. The summed E-state index contributed by atoms with van der Waals surface area (Å²) in [6, 6.07) is 7.18. The van der Waals surface area contributed by atoms with Gasteiger partial charge in [-0.25, -0.2) is 9.48 Å². The van der Waals surface area contributed by atoms with E-state index in [-0.39, 0.29) is 12.2 Å². The lowest BCUT2D eigenvalue weighted by molar-refractivity contribution is -0.384. The van der Waals surface area contributed by atoms with Gasteiger partial charge < -0.3 is 10.1 Å². The first-order valence-corrected chi connectivity index (χ1v) is 7.00. The van der Waals surface area contributed by atoms with Crippen LogP contribution in [-0.4, -0.2) is 26.4 Å². The first kappa shape index (κ1) is 16.5. The van der Waals surface area contributed by atoms with Crippen molar-refractivity contribution in [2.45, 2.75) is 32.9 Å². The normalized spacial score (nSPS) is 11.1. The Morgan fingerprint density at radius 2 is 2.09 bits per heavy atom. The van der Waals surface area contributed by atoms with Crippen LogP contribution in [0.5, 0.6) is 0 Å². The molecule has 0 radical (unpaired) electrons. The van der Waals surface area contributed by atoms with E-state index in [2.05, 4.69) is 10.4 Å². The first-order chi connectivity index (χ1) is 10.8. The molecule has 1 amide bonds. The van der Waals surface area contributed by atoms with Gasteiger partial charge in [-0.15, -0.1) is 0 Å². The second kappa shape index (κ2) is 6.47. The van der Waals surface area contributed by atoms with Crippen LogP contribution >= 0.6 is 0 Å². The molecule has 1 aromatic heterocycles. The lowest BCUT2D eigenvalue weighted by Gasteiger charge is -2.20. The molecule has 8 heteroatoms. The van der Waals surface area contributed by atoms with E-state index < -0.39 is 16.6 Å². The molecular formula is C15H18N4O4. The van der Waals surface area contributed by atoms with Crippen molar-refractivity contribution in [1.29, 1.82) is 0 Å². The van der Waals surface area contributed by atoms with E-state index in [0.29, 0.717) is 5.69 Å². The molecular weight excluding hydrogens is 300 g/mol. The number of alkyl carbamates (subject to hydrolysis) is 1. The fraction of sp³-hybridized carbons (Fsp3) is 0.333. The standard InChI is InChI=1S/C15H18N4O4/c1-15(2,3)23-14(20)16-8-11-6-4-5-7-13(11)18-10-12(9-17-18)19(21)22/h4-7,9-10H,8H2,1-3H3,(H,16,20). The van der Waals surface area contributed by atoms with E-state index >= 15 is 0 Å². The van der Waals surface area contributed by atoms with Gasteiger partial charge in [0.1, 0.15) is 18.0 Å². The van der Waals surface area contributed by atoms with E-state index in [1.54, 1.807) is 39.0 Å². The van der Waals surface area contributed by atoms with Gasteiger partial charge in [0.05, 0.1) is 10.6 Å². The average Bonchev–Trinajstić information content (AvgIpc) is 2.93. The number of nitrogens with one attached hydrogen (secondary N) is 1. The number of aromatic nitrogens is 2. The second-order valence-electron chi connectivity index (χ2n) is 5.88. The molecule has 0 aliphatic rings. The number of ether oxygens (including phenoxy) is 1. The molecule has 8 nitrogen and oxygen atoms in total. The van der Waals surface area contributed by atoms with E-state index in [9.17, 15) is 14.9 Å². The minimum Gasteiger partial charge on any atom is -0.444 e. The Balaban J connectivity index is 2.14. The smallest absolute Gasteiger partial charge is 0.407 e. The van der Waals surface area contributed by atoms with Crippen molar-refractivity contribution in [2.75, 3.05) is 0 Å². The highest BCUT2D eigenvalue weighted by Gasteiger charge is 2.17. The first-order valence-electron chi connectivity index (χ1n) is 7.00. The van der Waals surface area contributed by atoms with Crippen molar-refractivity contribution >= 4 is 11.8 Å². The number of nitro groups is 1. The predicted molar refractivity (Wildman–Crippen MR) is 83.3 cm³/mol. The van der Waals surface area contributed by atoms with Crippen LogP contribution in [0, 0.1) is 10.1 Å². The SMILES string of the molecule is CC(C)(C)OC(=O)NCc1ccccc1-n1cc([N+](=O)[O-])cn1. The van der Waals surface area contributed by atoms with Gasteiger partial charge in [-0.3, -0.25) is 10.1 Å². The van der Waals surface area contributed by atoms with Gasteiger partial charge in [0.15, 0.2) is 0 Å². The average molecular weight is 318 g/mol. The van der Waals surface area contributed by atoms with Crippen molar-refractivity contribution < 1.29 is 14.5 Å². The van der Waals surface area contributed by atoms with Gasteiger partial charge >= 0.3 is 11.8 Å². The maximum atomic E-state index is 11.7. The number of hydrogen-bond acceptors (Lipinski definition) is 5. The third-order valence-electron chi connectivity index (χ3n) is 2.84. The fourth-order valence-corrected chi connectivity index (χ4v) is 1.90. The van der Waals surface area contributed by atoms with Crippen LogP contribution in [0.15, 0.2) is 36.7 Å².